The van der Waals surface area contributed by atoms with Crippen LogP contribution in [-0.2, 0) is 38.8 Å². The number of halogens is 2. The molecule has 2 heterocycles. The van der Waals surface area contributed by atoms with Gasteiger partial charge in [0.15, 0.2) is 24.8 Å². The number of hydrogen-bond donors (Lipinski definition) is 0. The first-order valence-electron chi connectivity index (χ1n) is 17.8. The summed E-state index contributed by atoms with van der Waals surface area (Å²) in [6, 6.07) is 22.6. The zero-order valence-corrected chi connectivity index (χ0v) is 34.8. The molecule has 0 N–H and O–H groups in total. The second-order valence-corrected chi connectivity index (χ2v) is 13.7. The van der Waals surface area contributed by atoms with E-state index in [1.165, 1.54) is 96.1 Å². The quantitative estimate of drug-likeness (QED) is 0.0818. The van der Waals surface area contributed by atoms with E-state index in [1.54, 1.807) is 0 Å². The molecule has 0 bridgehead atoms. The maximum absolute atomic E-state index is 2.39. The molecule has 0 aliphatic rings. The van der Waals surface area contributed by atoms with Crippen LogP contribution in [0, 0.1) is 13.8 Å². The minimum atomic E-state index is 0. The third kappa shape index (κ3) is 14.3. The predicted molar refractivity (Wildman–Crippen MR) is 196 cm³/mol. The summed E-state index contributed by atoms with van der Waals surface area (Å²) in [7, 11) is 8.37. The average molecular weight is 875 g/mol. The Bertz CT molecular complexity index is 1350. The van der Waals surface area contributed by atoms with Crippen LogP contribution >= 0.6 is 0 Å². The van der Waals surface area contributed by atoms with E-state index in [4.69, 9.17) is 0 Å². The SMILES string of the molecule is Cc1c[n+](CCCCCCCCCC[n+]2ccc(CCc3ccc(N(C)C)cc3)c(C)c2)ccc1CCc1ccc(N(C)C)cc1.[I-].[I-]. The van der Waals surface area contributed by atoms with Gasteiger partial charge in [-0.15, -0.1) is 0 Å². The second-order valence-electron chi connectivity index (χ2n) is 13.7. The van der Waals surface area contributed by atoms with Crippen LogP contribution in [0.15, 0.2) is 85.5 Å². The lowest BCUT2D eigenvalue weighted by Gasteiger charge is -2.12. The third-order valence-corrected chi connectivity index (χ3v) is 9.52. The molecule has 0 spiro atoms. The van der Waals surface area contributed by atoms with E-state index in [0.717, 1.165) is 38.8 Å². The Morgan fingerprint density at radius 3 is 1.08 bits per heavy atom. The standard InChI is InChI=1S/C42H60N4.2HI/c1-35-33-45(31-27-39(35)21-15-37-17-23-41(24-18-37)43(3)4)29-13-11-9-7-8-10-12-14-30-46-32-28-40(36(2)34-46)22-16-38-19-25-42(26-20-38)44(5)6;;/h17-20,23-28,31-34H,7-16,21-22,29-30H2,1-6H3;2*1H/q+2;;/p-2. The number of aryl methyl sites for hydroxylation is 8. The van der Waals surface area contributed by atoms with Gasteiger partial charge in [-0.2, -0.15) is 0 Å². The Morgan fingerprint density at radius 1 is 0.438 bits per heavy atom. The van der Waals surface area contributed by atoms with Crippen LogP contribution in [0.3, 0.4) is 0 Å². The highest BCUT2D eigenvalue weighted by Crippen LogP contribution is 2.17. The molecule has 0 aliphatic carbocycles. The Morgan fingerprint density at radius 2 is 0.771 bits per heavy atom. The molecule has 0 saturated heterocycles. The zero-order chi connectivity index (χ0) is 32.7. The summed E-state index contributed by atoms with van der Waals surface area (Å²) in [5.41, 5.74) is 11.1. The number of pyridine rings is 2. The van der Waals surface area contributed by atoms with Crippen molar-refractivity contribution >= 4 is 11.4 Å². The highest BCUT2D eigenvalue weighted by atomic mass is 127. The molecular formula is C42H60I2N4. The summed E-state index contributed by atoms with van der Waals surface area (Å²) >= 11 is 0. The summed E-state index contributed by atoms with van der Waals surface area (Å²) in [6.07, 6.45) is 24.4. The summed E-state index contributed by atoms with van der Waals surface area (Å²) < 4.78 is 4.78. The van der Waals surface area contributed by atoms with Crippen molar-refractivity contribution < 1.29 is 57.1 Å². The molecule has 48 heavy (non-hydrogen) atoms. The molecule has 0 atom stereocenters. The molecule has 0 fully saturated rings. The molecule has 0 unspecified atom stereocenters. The Balaban J connectivity index is 0.00000400. The Kier molecular flexibility index (Phi) is 19.7. The predicted octanol–water partition coefficient (Wildman–Crippen LogP) is 2.41. The van der Waals surface area contributed by atoms with Crippen molar-refractivity contribution in [3.8, 4) is 0 Å². The molecule has 0 aliphatic heterocycles. The van der Waals surface area contributed by atoms with Crippen molar-refractivity contribution in [3.05, 3.63) is 119 Å². The van der Waals surface area contributed by atoms with Crippen LogP contribution in [-0.4, -0.2) is 28.2 Å². The van der Waals surface area contributed by atoms with E-state index in [9.17, 15) is 0 Å². The topological polar surface area (TPSA) is 14.2 Å². The third-order valence-electron chi connectivity index (χ3n) is 9.52. The van der Waals surface area contributed by atoms with E-state index in [0.29, 0.717) is 0 Å². The molecule has 4 nitrogen and oxygen atoms in total. The van der Waals surface area contributed by atoms with Gasteiger partial charge in [0, 0.05) is 75.7 Å². The smallest absolute Gasteiger partial charge is 0.171 e. The number of nitrogens with zero attached hydrogens (tertiary/aromatic N) is 4. The summed E-state index contributed by atoms with van der Waals surface area (Å²) in [5, 5.41) is 0. The largest absolute Gasteiger partial charge is 1.00 e. The second kappa shape index (κ2) is 22.5. The molecule has 0 amide bonds. The van der Waals surface area contributed by atoms with Crippen molar-refractivity contribution in [1.82, 2.24) is 0 Å². The Hall–Kier alpha value is -2.20. The number of rotatable bonds is 19. The van der Waals surface area contributed by atoms with Gasteiger partial charge in [0.1, 0.15) is 13.1 Å². The van der Waals surface area contributed by atoms with Crippen molar-refractivity contribution in [2.24, 2.45) is 0 Å². The van der Waals surface area contributed by atoms with E-state index < -0.39 is 0 Å². The van der Waals surface area contributed by atoms with E-state index in [2.05, 4.69) is 146 Å². The molecule has 6 heteroatoms. The molecule has 4 rings (SSSR count). The van der Waals surface area contributed by atoms with E-state index in [1.807, 2.05) is 0 Å². The van der Waals surface area contributed by atoms with Crippen molar-refractivity contribution in [1.29, 1.82) is 0 Å². The van der Waals surface area contributed by atoms with Crippen LogP contribution in [0.1, 0.15) is 84.7 Å². The fraction of sp³-hybridized carbons (Fsp3) is 0.476. The normalized spacial score (nSPS) is 10.7. The maximum atomic E-state index is 2.39. The van der Waals surface area contributed by atoms with Crippen LogP contribution in [0.2, 0.25) is 0 Å². The van der Waals surface area contributed by atoms with Crippen LogP contribution < -0.4 is 66.9 Å². The van der Waals surface area contributed by atoms with E-state index >= 15 is 0 Å². The number of unbranched alkanes of at least 4 members (excludes halogenated alkanes) is 7. The summed E-state index contributed by atoms with van der Waals surface area (Å²) in [6.45, 7) is 6.80. The molecule has 0 radical (unpaired) electrons. The molecule has 262 valence electrons. The molecular weight excluding hydrogens is 814 g/mol. The first kappa shape index (κ1) is 42.0. The monoisotopic (exact) mass is 874 g/mol. The molecule has 4 aromatic rings. The zero-order valence-electron chi connectivity index (χ0n) is 30.5. The highest BCUT2D eigenvalue weighted by molar-refractivity contribution is 5.47. The van der Waals surface area contributed by atoms with Crippen LogP contribution in [0.4, 0.5) is 11.4 Å². The first-order valence-corrected chi connectivity index (χ1v) is 17.8. The van der Waals surface area contributed by atoms with Gasteiger partial charge < -0.3 is 57.8 Å². The number of benzene rings is 2. The van der Waals surface area contributed by atoms with Crippen molar-refractivity contribution in [3.63, 3.8) is 0 Å². The van der Waals surface area contributed by atoms with Gasteiger partial charge in [0.2, 0.25) is 0 Å². The minimum Gasteiger partial charge on any atom is -1.00 e. The van der Waals surface area contributed by atoms with Gasteiger partial charge in [-0.1, -0.05) is 49.9 Å². The number of aromatic nitrogens is 2. The lowest BCUT2D eigenvalue weighted by Crippen LogP contribution is -3.00. The lowest BCUT2D eigenvalue weighted by molar-refractivity contribution is -0.697. The summed E-state index contributed by atoms with van der Waals surface area (Å²) in [4.78, 5) is 4.31. The highest BCUT2D eigenvalue weighted by Gasteiger charge is 2.09. The van der Waals surface area contributed by atoms with Crippen molar-refractivity contribution in [2.75, 3.05) is 38.0 Å². The molecule has 0 saturated carbocycles. The van der Waals surface area contributed by atoms with Gasteiger partial charge in [-0.3, -0.25) is 0 Å². The van der Waals surface area contributed by atoms with Crippen LogP contribution in [0.5, 0.6) is 0 Å². The molecule has 2 aromatic heterocycles. The van der Waals surface area contributed by atoms with Gasteiger partial charge in [-0.05, 0) is 98.9 Å². The minimum absolute atomic E-state index is 0. The summed E-state index contributed by atoms with van der Waals surface area (Å²) in [5.74, 6) is 0. The average Bonchev–Trinajstić information content (AvgIpc) is 3.05. The first-order chi connectivity index (χ1) is 22.3. The van der Waals surface area contributed by atoms with Gasteiger partial charge in [0.25, 0.3) is 0 Å². The van der Waals surface area contributed by atoms with Crippen molar-refractivity contribution in [2.45, 2.75) is 104 Å². The van der Waals surface area contributed by atoms with Crippen LogP contribution in [0.25, 0.3) is 0 Å². The number of anilines is 2. The fourth-order valence-electron chi connectivity index (χ4n) is 6.35. The molecule has 2 aromatic carbocycles. The fourth-order valence-corrected chi connectivity index (χ4v) is 6.35. The number of hydrogen-bond acceptors (Lipinski definition) is 2. The van der Waals surface area contributed by atoms with Gasteiger partial charge >= 0.3 is 0 Å². The lowest BCUT2D eigenvalue weighted by atomic mass is 10.0. The maximum Gasteiger partial charge on any atom is 0.171 e. The van der Waals surface area contributed by atoms with Gasteiger partial charge in [0.05, 0.1) is 0 Å². The Labute approximate surface area is 327 Å². The van der Waals surface area contributed by atoms with E-state index in [-0.39, 0.29) is 48.0 Å². The van der Waals surface area contributed by atoms with Gasteiger partial charge in [-0.25, -0.2) is 9.13 Å².